The Labute approximate surface area is 169 Å². The summed E-state index contributed by atoms with van der Waals surface area (Å²) in [6.45, 7) is 7.88. The summed E-state index contributed by atoms with van der Waals surface area (Å²) in [4.78, 5) is 0. The maximum absolute atomic E-state index is 15.5. The summed E-state index contributed by atoms with van der Waals surface area (Å²) in [6, 6.07) is 17.9. The number of nitrogens with zero attached hydrogens (tertiary/aromatic N) is 3. The Kier molecular flexibility index (Phi) is 4.09. The topological polar surface area (TPSA) is 30.7 Å². The zero-order valence-electron chi connectivity index (χ0n) is 16.6. The van der Waals surface area contributed by atoms with Crippen molar-refractivity contribution < 1.29 is 4.39 Å². The largest absolute Gasteiger partial charge is 0.213 e. The third kappa shape index (κ3) is 3.05. The molecule has 1 aromatic heterocycles. The quantitative estimate of drug-likeness (QED) is 0.406. The van der Waals surface area contributed by atoms with Crippen LogP contribution < -0.4 is 0 Å². The monoisotopic (exact) mass is 383 g/mol. The van der Waals surface area contributed by atoms with Gasteiger partial charge in [0.05, 0.1) is 11.2 Å². The van der Waals surface area contributed by atoms with Crippen LogP contribution in [0.3, 0.4) is 0 Å². The summed E-state index contributed by atoms with van der Waals surface area (Å²) >= 11 is 0. The molecule has 3 nitrogen and oxygen atoms in total. The van der Waals surface area contributed by atoms with Crippen LogP contribution in [0.4, 0.5) is 4.39 Å². The van der Waals surface area contributed by atoms with Gasteiger partial charge in [0.15, 0.2) is 0 Å². The van der Waals surface area contributed by atoms with E-state index in [1.807, 2.05) is 68.4 Å². The lowest BCUT2D eigenvalue weighted by molar-refractivity contribution is 0.626. The standard InChI is InChI=1S/C25H22FN3/c1-15(2)20-12-18(17-9-10-17)13-22(25(20)26)21-14-19(11-8-16(21)3)29-24-7-5-4-6-23(24)27-28-29/h4-8,11-14,17H,1,9-10H2,2-3H3. The minimum absolute atomic E-state index is 0.203. The van der Waals surface area contributed by atoms with Crippen LogP contribution >= 0.6 is 0 Å². The maximum atomic E-state index is 15.5. The molecule has 1 saturated carbocycles. The Morgan fingerprint density at radius 3 is 2.62 bits per heavy atom. The second kappa shape index (κ2) is 6.66. The number of allylic oxidation sites excluding steroid dienone is 1. The molecule has 4 heteroatoms. The summed E-state index contributed by atoms with van der Waals surface area (Å²) in [6.07, 6.45) is 2.34. The first-order valence-electron chi connectivity index (χ1n) is 9.94. The van der Waals surface area contributed by atoms with Gasteiger partial charge in [-0.05, 0) is 91.3 Å². The zero-order valence-corrected chi connectivity index (χ0v) is 16.6. The molecule has 0 saturated heterocycles. The van der Waals surface area contributed by atoms with E-state index in [0.29, 0.717) is 17.0 Å². The number of hydrogen-bond acceptors (Lipinski definition) is 2. The van der Waals surface area contributed by atoms with E-state index in [0.717, 1.165) is 33.4 Å². The fraction of sp³-hybridized carbons (Fsp3) is 0.200. The summed E-state index contributed by atoms with van der Waals surface area (Å²) in [5.74, 6) is 0.334. The normalized spacial score (nSPS) is 13.8. The second-order valence-electron chi connectivity index (χ2n) is 7.97. The van der Waals surface area contributed by atoms with Gasteiger partial charge >= 0.3 is 0 Å². The van der Waals surface area contributed by atoms with Gasteiger partial charge in [0.1, 0.15) is 11.3 Å². The lowest BCUT2D eigenvalue weighted by Gasteiger charge is -2.15. The SMILES string of the molecule is C=C(C)c1cc(C2CC2)cc(-c2cc(-n3nnc4ccccc43)ccc2C)c1F. The zero-order chi connectivity index (χ0) is 20.1. The predicted molar refractivity (Wildman–Crippen MR) is 116 cm³/mol. The minimum atomic E-state index is -0.203. The lowest BCUT2D eigenvalue weighted by Crippen LogP contribution is -2.00. The van der Waals surface area contributed by atoms with E-state index in [1.54, 1.807) is 4.68 Å². The van der Waals surface area contributed by atoms with Crippen molar-refractivity contribution in [2.75, 3.05) is 0 Å². The highest BCUT2D eigenvalue weighted by atomic mass is 19.1. The van der Waals surface area contributed by atoms with Gasteiger partial charge in [-0.1, -0.05) is 30.0 Å². The molecule has 0 unspecified atom stereocenters. The molecule has 0 N–H and O–H groups in total. The first kappa shape index (κ1) is 17.8. The molecule has 3 aromatic carbocycles. The van der Waals surface area contributed by atoms with Crippen molar-refractivity contribution in [3.05, 3.63) is 83.7 Å². The lowest BCUT2D eigenvalue weighted by atomic mass is 9.92. The van der Waals surface area contributed by atoms with Crippen molar-refractivity contribution in [1.82, 2.24) is 15.0 Å². The van der Waals surface area contributed by atoms with Crippen LogP contribution in [0.25, 0.3) is 33.4 Å². The molecule has 0 radical (unpaired) electrons. The number of para-hydroxylation sites is 1. The first-order valence-corrected chi connectivity index (χ1v) is 9.94. The third-order valence-corrected chi connectivity index (χ3v) is 5.71. The highest BCUT2D eigenvalue weighted by Crippen LogP contribution is 2.43. The summed E-state index contributed by atoms with van der Waals surface area (Å²) in [5, 5.41) is 8.56. The molecule has 5 rings (SSSR count). The molecule has 0 spiro atoms. The highest BCUT2D eigenvalue weighted by molar-refractivity contribution is 5.79. The molecule has 0 bridgehead atoms. The van der Waals surface area contributed by atoms with E-state index in [1.165, 1.54) is 18.4 Å². The number of rotatable bonds is 4. The summed E-state index contributed by atoms with van der Waals surface area (Å²) < 4.78 is 17.3. The molecular weight excluding hydrogens is 361 g/mol. The molecule has 0 aliphatic heterocycles. The molecule has 0 amide bonds. The molecular formula is C25H22FN3. The van der Waals surface area contributed by atoms with Crippen molar-refractivity contribution >= 4 is 16.6 Å². The van der Waals surface area contributed by atoms with Crippen LogP contribution in [0.5, 0.6) is 0 Å². The maximum Gasteiger partial charge on any atom is 0.138 e. The van der Waals surface area contributed by atoms with Crippen LogP contribution in [0.15, 0.2) is 61.2 Å². The summed E-state index contributed by atoms with van der Waals surface area (Å²) in [5.41, 5.74) is 7.74. The molecule has 1 aliphatic carbocycles. The predicted octanol–water partition coefficient (Wildman–Crippen LogP) is 6.45. The van der Waals surface area contributed by atoms with Gasteiger partial charge in [0.25, 0.3) is 0 Å². The van der Waals surface area contributed by atoms with E-state index in [9.17, 15) is 0 Å². The third-order valence-electron chi connectivity index (χ3n) is 5.71. The van der Waals surface area contributed by atoms with E-state index >= 15 is 4.39 Å². The van der Waals surface area contributed by atoms with Gasteiger partial charge in [-0.15, -0.1) is 5.10 Å². The molecule has 1 heterocycles. The van der Waals surface area contributed by atoms with E-state index < -0.39 is 0 Å². The van der Waals surface area contributed by atoms with E-state index in [4.69, 9.17) is 0 Å². The number of aromatic nitrogens is 3. The van der Waals surface area contributed by atoms with Crippen LogP contribution in [-0.4, -0.2) is 15.0 Å². The average Bonchev–Trinajstić information content (AvgIpc) is 3.48. The van der Waals surface area contributed by atoms with Gasteiger partial charge in [-0.25, -0.2) is 9.07 Å². The molecule has 144 valence electrons. The number of fused-ring (bicyclic) bond motifs is 1. The van der Waals surface area contributed by atoms with Crippen molar-refractivity contribution in [3.63, 3.8) is 0 Å². The van der Waals surface area contributed by atoms with Gasteiger partial charge in [-0.3, -0.25) is 0 Å². The number of hydrogen-bond donors (Lipinski definition) is 0. The molecule has 1 aliphatic rings. The number of benzene rings is 3. The van der Waals surface area contributed by atoms with Crippen molar-refractivity contribution in [3.8, 4) is 16.8 Å². The van der Waals surface area contributed by atoms with Crippen molar-refractivity contribution in [1.29, 1.82) is 0 Å². The van der Waals surface area contributed by atoms with Crippen LogP contribution in [0.1, 0.15) is 42.4 Å². The number of halogens is 1. The van der Waals surface area contributed by atoms with Gasteiger partial charge < -0.3 is 0 Å². The molecule has 4 aromatic rings. The Balaban J connectivity index is 1.71. The van der Waals surface area contributed by atoms with Crippen molar-refractivity contribution in [2.24, 2.45) is 0 Å². The van der Waals surface area contributed by atoms with Crippen LogP contribution in [0.2, 0.25) is 0 Å². The van der Waals surface area contributed by atoms with E-state index in [2.05, 4.69) is 16.9 Å². The average molecular weight is 383 g/mol. The Morgan fingerprint density at radius 1 is 1.07 bits per heavy atom. The molecule has 29 heavy (non-hydrogen) atoms. The Morgan fingerprint density at radius 2 is 1.86 bits per heavy atom. The molecule has 1 fully saturated rings. The van der Waals surface area contributed by atoms with Gasteiger partial charge in [-0.2, -0.15) is 0 Å². The summed E-state index contributed by atoms with van der Waals surface area (Å²) in [7, 11) is 0. The van der Waals surface area contributed by atoms with Gasteiger partial charge in [0, 0.05) is 11.1 Å². The Bertz CT molecular complexity index is 1260. The minimum Gasteiger partial charge on any atom is -0.213 e. The van der Waals surface area contributed by atoms with Crippen LogP contribution in [-0.2, 0) is 0 Å². The highest BCUT2D eigenvalue weighted by Gasteiger charge is 2.26. The fourth-order valence-corrected chi connectivity index (χ4v) is 3.90. The van der Waals surface area contributed by atoms with Crippen molar-refractivity contribution in [2.45, 2.75) is 32.6 Å². The fourth-order valence-electron chi connectivity index (χ4n) is 3.90. The Hall–Kier alpha value is -3.27. The second-order valence-corrected chi connectivity index (χ2v) is 7.97. The number of aryl methyl sites for hydroxylation is 1. The van der Waals surface area contributed by atoms with Gasteiger partial charge in [0.2, 0.25) is 0 Å². The van der Waals surface area contributed by atoms with Crippen LogP contribution in [0, 0.1) is 12.7 Å². The molecule has 0 atom stereocenters. The first-order chi connectivity index (χ1) is 14.0. The van der Waals surface area contributed by atoms with E-state index in [-0.39, 0.29) is 5.82 Å². The smallest absolute Gasteiger partial charge is 0.138 e.